The van der Waals surface area contributed by atoms with Gasteiger partial charge in [0.1, 0.15) is 0 Å². The lowest BCUT2D eigenvalue weighted by Crippen LogP contribution is -2.16. The van der Waals surface area contributed by atoms with Gasteiger partial charge in [-0.15, -0.1) is 0 Å². The van der Waals surface area contributed by atoms with Crippen molar-refractivity contribution in [3.8, 4) is 0 Å². The largest absolute Gasteiger partial charge is 0.465 e. The van der Waals surface area contributed by atoms with Gasteiger partial charge in [0.05, 0.1) is 23.3 Å². The van der Waals surface area contributed by atoms with E-state index in [0.717, 1.165) is 0 Å². The first-order valence-electron chi connectivity index (χ1n) is 7.57. The van der Waals surface area contributed by atoms with Crippen molar-refractivity contribution in [2.45, 2.75) is 4.90 Å². The molecule has 2 rings (SSSR count). The fraction of sp³-hybridized carbons (Fsp3) is 0.111. The molecule has 0 aromatic heterocycles. The summed E-state index contributed by atoms with van der Waals surface area (Å²) in [5.74, 6) is -0.902. The lowest BCUT2D eigenvalue weighted by molar-refractivity contribution is -0.115. The number of methoxy groups -OCH3 is 1. The molecule has 2 N–H and O–H groups in total. The Morgan fingerprint density at radius 1 is 1.04 bits per heavy atom. The van der Waals surface area contributed by atoms with E-state index in [4.69, 9.17) is 0 Å². The maximum atomic E-state index is 12.5. The monoisotopic (exact) mass is 374 g/mol. The second-order valence-corrected chi connectivity index (χ2v) is 6.84. The van der Waals surface area contributed by atoms with Gasteiger partial charge >= 0.3 is 5.97 Å². The van der Waals surface area contributed by atoms with Crippen molar-refractivity contribution in [3.63, 3.8) is 0 Å². The molecule has 0 saturated heterocycles. The van der Waals surface area contributed by atoms with Crippen LogP contribution in [0, 0.1) is 0 Å². The highest BCUT2D eigenvalue weighted by Crippen LogP contribution is 2.21. The Balaban J connectivity index is 2.25. The van der Waals surface area contributed by atoms with Crippen molar-refractivity contribution < 1.29 is 22.7 Å². The zero-order valence-electron chi connectivity index (χ0n) is 14.2. The molecule has 0 heterocycles. The third-order valence-corrected chi connectivity index (χ3v) is 4.82. The molecule has 0 fully saturated rings. The van der Waals surface area contributed by atoms with Crippen LogP contribution >= 0.6 is 0 Å². The van der Waals surface area contributed by atoms with Crippen molar-refractivity contribution in [1.29, 1.82) is 0 Å². The topological polar surface area (TPSA) is 102 Å². The zero-order chi connectivity index (χ0) is 19.2. The van der Waals surface area contributed by atoms with Crippen LogP contribution in [0.5, 0.6) is 0 Å². The number of carbonyl (C=O) groups excluding carboxylic acids is 2. The number of sulfonamides is 1. The number of carbonyl (C=O) groups is 2. The summed E-state index contributed by atoms with van der Waals surface area (Å²) in [7, 11) is -1.16. The number of hydrogen-bond acceptors (Lipinski definition) is 5. The minimum atomic E-state index is -3.89. The van der Waals surface area contributed by atoms with E-state index in [-0.39, 0.29) is 22.1 Å². The molecule has 1 amide bonds. The number of hydrogen-bond donors (Lipinski definition) is 2. The third-order valence-electron chi connectivity index (χ3n) is 3.44. The minimum absolute atomic E-state index is 0.0225. The Labute approximate surface area is 151 Å². The van der Waals surface area contributed by atoms with Crippen LogP contribution in [0.15, 0.2) is 59.5 Å². The lowest BCUT2D eigenvalue weighted by Gasteiger charge is -2.11. The Morgan fingerprint density at radius 3 is 2.31 bits per heavy atom. The fourth-order valence-electron chi connectivity index (χ4n) is 2.08. The molecule has 7 nitrogen and oxygen atoms in total. The molecule has 0 atom stereocenters. The first kappa shape index (κ1) is 19.2. The van der Waals surface area contributed by atoms with Crippen molar-refractivity contribution >= 4 is 33.7 Å². The van der Waals surface area contributed by atoms with Gasteiger partial charge in [0.2, 0.25) is 5.91 Å². The molecular formula is C18H18N2O5S. The number of amides is 1. The maximum Gasteiger partial charge on any atom is 0.339 e. The molecule has 0 radical (unpaired) electrons. The Bertz CT molecular complexity index is 934. The molecule has 0 aliphatic heterocycles. The van der Waals surface area contributed by atoms with Crippen molar-refractivity contribution in [3.05, 3.63) is 65.7 Å². The summed E-state index contributed by atoms with van der Waals surface area (Å²) in [5.41, 5.74) is 0.911. The summed E-state index contributed by atoms with van der Waals surface area (Å²) in [5, 5.41) is 2.45. The van der Waals surface area contributed by atoms with Gasteiger partial charge in [0, 0.05) is 13.1 Å². The highest BCUT2D eigenvalue weighted by Gasteiger charge is 2.18. The molecule has 0 spiro atoms. The van der Waals surface area contributed by atoms with E-state index in [9.17, 15) is 18.0 Å². The van der Waals surface area contributed by atoms with E-state index < -0.39 is 16.0 Å². The van der Waals surface area contributed by atoms with E-state index in [2.05, 4.69) is 14.8 Å². The SMILES string of the molecule is CNC(=O)/C=C/c1ccc(S(=O)(=O)Nc2ccccc2C(=O)OC)cc1. The number of rotatable bonds is 6. The molecule has 0 aliphatic rings. The third kappa shape index (κ3) is 4.70. The van der Waals surface area contributed by atoms with E-state index in [0.29, 0.717) is 5.56 Å². The van der Waals surface area contributed by atoms with Crippen molar-refractivity contribution in [2.75, 3.05) is 18.9 Å². The highest BCUT2D eigenvalue weighted by molar-refractivity contribution is 7.92. The summed E-state index contributed by atoms with van der Waals surface area (Å²) in [6.07, 6.45) is 2.91. The smallest absolute Gasteiger partial charge is 0.339 e. The maximum absolute atomic E-state index is 12.5. The quantitative estimate of drug-likeness (QED) is 0.595. The number of nitrogens with one attached hydrogen (secondary N) is 2. The Morgan fingerprint density at radius 2 is 1.69 bits per heavy atom. The number of para-hydroxylation sites is 1. The van der Waals surface area contributed by atoms with Gasteiger partial charge < -0.3 is 10.1 Å². The van der Waals surface area contributed by atoms with Gasteiger partial charge in [-0.1, -0.05) is 24.3 Å². The summed E-state index contributed by atoms with van der Waals surface area (Å²) in [6.45, 7) is 0. The molecule has 8 heteroatoms. The normalized spacial score (nSPS) is 11.2. The molecule has 0 unspecified atom stereocenters. The summed E-state index contributed by atoms with van der Waals surface area (Å²) < 4.78 is 32.1. The van der Waals surface area contributed by atoms with Crippen LogP contribution < -0.4 is 10.0 Å². The van der Waals surface area contributed by atoms with E-state index in [1.54, 1.807) is 30.3 Å². The van der Waals surface area contributed by atoms with Crippen LogP contribution in [0.1, 0.15) is 15.9 Å². The second-order valence-electron chi connectivity index (χ2n) is 5.16. The van der Waals surface area contributed by atoms with Crippen LogP contribution in [0.25, 0.3) is 6.08 Å². The van der Waals surface area contributed by atoms with E-state index >= 15 is 0 Å². The number of esters is 1. The van der Waals surface area contributed by atoms with Gasteiger partial charge in [-0.25, -0.2) is 13.2 Å². The van der Waals surface area contributed by atoms with E-state index in [1.807, 2.05) is 0 Å². The van der Waals surface area contributed by atoms with Gasteiger partial charge in [0.25, 0.3) is 10.0 Å². The lowest BCUT2D eigenvalue weighted by atomic mass is 10.2. The average molecular weight is 374 g/mol. The number of benzene rings is 2. The van der Waals surface area contributed by atoms with Gasteiger partial charge in [0.15, 0.2) is 0 Å². The second kappa shape index (κ2) is 8.30. The fourth-order valence-corrected chi connectivity index (χ4v) is 3.16. The van der Waals surface area contributed by atoms with Gasteiger partial charge in [-0.05, 0) is 35.9 Å². The van der Waals surface area contributed by atoms with Gasteiger partial charge in [-0.2, -0.15) is 0 Å². The predicted molar refractivity (Wildman–Crippen MR) is 98.1 cm³/mol. The number of likely N-dealkylation sites (N-methyl/N-ethyl adjacent to an activating group) is 1. The van der Waals surface area contributed by atoms with Crippen LogP contribution in [0.2, 0.25) is 0 Å². The molecule has 0 saturated carbocycles. The molecule has 2 aromatic carbocycles. The molecule has 26 heavy (non-hydrogen) atoms. The predicted octanol–water partition coefficient (Wildman–Crippen LogP) is 2.03. The first-order chi connectivity index (χ1) is 12.4. The van der Waals surface area contributed by atoms with Crippen LogP contribution in [-0.2, 0) is 19.6 Å². The minimum Gasteiger partial charge on any atom is -0.465 e. The first-order valence-corrected chi connectivity index (χ1v) is 9.05. The molecule has 2 aromatic rings. The van der Waals surface area contributed by atoms with Crippen LogP contribution in [0.4, 0.5) is 5.69 Å². The summed E-state index contributed by atoms with van der Waals surface area (Å²) in [4.78, 5) is 23.0. The number of anilines is 1. The Kier molecular flexibility index (Phi) is 6.13. The zero-order valence-corrected chi connectivity index (χ0v) is 15.0. The summed E-state index contributed by atoms with van der Waals surface area (Å²) in [6, 6.07) is 12.1. The van der Waals surface area contributed by atoms with Crippen molar-refractivity contribution in [1.82, 2.24) is 5.32 Å². The van der Waals surface area contributed by atoms with E-state index in [1.165, 1.54) is 44.5 Å². The standard InChI is InChI=1S/C18H18N2O5S/c1-19-17(21)12-9-13-7-10-14(11-8-13)26(23,24)20-16-6-4-3-5-15(16)18(22)25-2/h3-12,20H,1-2H3,(H,19,21)/b12-9+. The molecular weight excluding hydrogens is 356 g/mol. The number of ether oxygens (including phenoxy) is 1. The van der Waals surface area contributed by atoms with Gasteiger partial charge in [-0.3, -0.25) is 9.52 Å². The van der Waals surface area contributed by atoms with Crippen LogP contribution in [0.3, 0.4) is 0 Å². The molecule has 0 bridgehead atoms. The highest BCUT2D eigenvalue weighted by atomic mass is 32.2. The van der Waals surface area contributed by atoms with Crippen LogP contribution in [-0.4, -0.2) is 34.5 Å². The molecule has 136 valence electrons. The average Bonchev–Trinajstić information content (AvgIpc) is 2.66. The summed E-state index contributed by atoms with van der Waals surface area (Å²) >= 11 is 0. The van der Waals surface area contributed by atoms with Crippen molar-refractivity contribution in [2.24, 2.45) is 0 Å². The Hall–Kier alpha value is -3.13. The molecule has 0 aliphatic carbocycles.